The van der Waals surface area contributed by atoms with Crippen molar-refractivity contribution in [2.24, 2.45) is 0 Å². The molecular formula is C26H24N2O5S. The van der Waals surface area contributed by atoms with Gasteiger partial charge in [0.05, 0.1) is 12.8 Å². The van der Waals surface area contributed by atoms with E-state index in [9.17, 15) is 9.59 Å². The van der Waals surface area contributed by atoms with Crippen LogP contribution in [0.5, 0.6) is 17.2 Å². The van der Waals surface area contributed by atoms with E-state index < -0.39 is 0 Å². The van der Waals surface area contributed by atoms with Gasteiger partial charge in [0.15, 0.2) is 11.5 Å². The summed E-state index contributed by atoms with van der Waals surface area (Å²) in [5, 5.41) is 2.86. The molecule has 0 unspecified atom stereocenters. The van der Waals surface area contributed by atoms with Gasteiger partial charge in [-0.25, -0.2) is 0 Å². The fourth-order valence-electron chi connectivity index (χ4n) is 4.01. The van der Waals surface area contributed by atoms with Crippen LogP contribution in [0.25, 0.3) is 0 Å². The lowest BCUT2D eigenvalue weighted by Crippen LogP contribution is -2.40. The topological polar surface area (TPSA) is 77.1 Å². The van der Waals surface area contributed by atoms with Crippen molar-refractivity contribution in [2.75, 3.05) is 25.3 Å². The van der Waals surface area contributed by atoms with Crippen LogP contribution in [0.1, 0.15) is 22.8 Å². The zero-order chi connectivity index (χ0) is 23.5. The summed E-state index contributed by atoms with van der Waals surface area (Å²) < 4.78 is 16.0. The fourth-order valence-corrected chi connectivity index (χ4v) is 5.29. The van der Waals surface area contributed by atoms with E-state index in [4.69, 9.17) is 14.2 Å². The average molecular weight is 477 g/mol. The largest absolute Gasteiger partial charge is 0.497 e. The Hall–Kier alpha value is -3.65. The molecule has 3 aromatic carbocycles. The first kappa shape index (κ1) is 22.2. The van der Waals surface area contributed by atoms with Gasteiger partial charge in [0.2, 0.25) is 18.6 Å². The number of carbonyl (C=O) groups excluding carboxylic acids is 2. The number of anilines is 1. The minimum atomic E-state index is -0.228. The number of rotatable bonds is 6. The summed E-state index contributed by atoms with van der Waals surface area (Å²) in [6, 6.07) is 21.1. The molecule has 0 bridgehead atoms. The van der Waals surface area contributed by atoms with Crippen LogP contribution in [-0.2, 0) is 16.1 Å². The van der Waals surface area contributed by atoms with Gasteiger partial charge in [0, 0.05) is 23.1 Å². The van der Waals surface area contributed by atoms with Gasteiger partial charge in [-0.05, 0) is 47.5 Å². The normalized spacial score (nSPS) is 16.6. The molecule has 5 rings (SSSR count). The summed E-state index contributed by atoms with van der Waals surface area (Å²) in [6.07, 6.45) is 0.293. The van der Waals surface area contributed by atoms with Gasteiger partial charge >= 0.3 is 0 Å². The van der Waals surface area contributed by atoms with E-state index in [0.717, 1.165) is 27.5 Å². The first-order chi connectivity index (χ1) is 16.6. The van der Waals surface area contributed by atoms with Crippen LogP contribution in [0.3, 0.4) is 0 Å². The molecule has 0 spiro atoms. The molecule has 1 N–H and O–H groups in total. The number of hydrogen-bond acceptors (Lipinski definition) is 6. The third-order valence-corrected chi connectivity index (χ3v) is 7.12. The zero-order valence-electron chi connectivity index (χ0n) is 18.7. The first-order valence-corrected chi connectivity index (χ1v) is 11.8. The molecule has 8 heteroatoms. The molecule has 0 aliphatic carbocycles. The van der Waals surface area contributed by atoms with Gasteiger partial charge in [-0.1, -0.05) is 30.3 Å². The molecule has 34 heavy (non-hydrogen) atoms. The van der Waals surface area contributed by atoms with Crippen molar-refractivity contribution in [1.29, 1.82) is 0 Å². The SMILES string of the molecule is COc1ccc([C@@H]2CC(=O)N(CC(=O)NCc3ccc4c(c3)OCO4)c3ccccc3S2)cc1. The monoisotopic (exact) mass is 476 g/mol. The number of nitrogens with one attached hydrogen (secondary N) is 1. The second-order valence-corrected chi connectivity index (χ2v) is 9.24. The third-order valence-electron chi connectivity index (χ3n) is 5.80. The Balaban J connectivity index is 1.30. The minimum Gasteiger partial charge on any atom is -0.497 e. The number of para-hydroxylation sites is 1. The van der Waals surface area contributed by atoms with E-state index in [-0.39, 0.29) is 30.4 Å². The number of amides is 2. The number of methoxy groups -OCH3 is 1. The van der Waals surface area contributed by atoms with Crippen LogP contribution in [0.2, 0.25) is 0 Å². The highest BCUT2D eigenvalue weighted by Crippen LogP contribution is 2.45. The maximum atomic E-state index is 13.3. The second-order valence-electron chi connectivity index (χ2n) is 8.00. The van der Waals surface area contributed by atoms with E-state index in [0.29, 0.717) is 24.5 Å². The van der Waals surface area contributed by atoms with E-state index in [1.807, 2.05) is 66.7 Å². The summed E-state index contributed by atoms with van der Waals surface area (Å²) >= 11 is 1.64. The lowest BCUT2D eigenvalue weighted by Gasteiger charge is -2.22. The first-order valence-electron chi connectivity index (χ1n) is 11.0. The predicted octanol–water partition coefficient (Wildman–Crippen LogP) is 4.31. The number of ether oxygens (including phenoxy) is 3. The smallest absolute Gasteiger partial charge is 0.240 e. The summed E-state index contributed by atoms with van der Waals surface area (Å²) in [7, 11) is 1.63. The van der Waals surface area contributed by atoms with E-state index in [1.165, 1.54) is 0 Å². The predicted molar refractivity (Wildman–Crippen MR) is 129 cm³/mol. The maximum absolute atomic E-state index is 13.3. The molecule has 2 heterocycles. The highest BCUT2D eigenvalue weighted by molar-refractivity contribution is 7.99. The van der Waals surface area contributed by atoms with Crippen molar-refractivity contribution in [3.05, 3.63) is 77.9 Å². The number of carbonyl (C=O) groups is 2. The van der Waals surface area contributed by atoms with Crippen LogP contribution in [0.15, 0.2) is 71.6 Å². The summed E-state index contributed by atoms with van der Waals surface area (Å²) in [6.45, 7) is 0.496. The summed E-state index contributed by atoms with van der Waals surface area (Å²) in [4.78, 5) is 28.7. The molecule has 0 saturated heterocycles. The lowest BCUT2D eigenvalue weighted by atomic mass is 10.1. The Morgan fingerprint density at radius 2 is 1.88 bits per heavy atom. The molecule has 0 saturated carbocycles. The average Bonchev–Trinajstić information content (AvgIpc) is 3.29. The zero-order valence-corrected chi connectivity index (χ0v) is 19.5. The second kappa shape index (κ2) is 9.69. The lowest BCUT2D eigenvalue weighted by molar-refractivity contribution is -0.124. The summed E-state index contributed by atoms with van der Waals surface area (Å²) in [5.74, 6) is 1.83. The van der Waals surface area contributed by atoms with Gasteiger partial charge < -0.3 is 24.4 Å². The number of thioether (sulfide) groups is 1. The number of benzene rings is 3. The maximum Gasteiger partial charge on any atom is 0.240 e. The number of hydrogen-bond donors (Lipinski definition) is 1. The Morgan fingerprint density at radius 3 is 2.71 bits per heavy atom. The van der Waals surface area contributed by atoms with Crippen LogP contribution < -0.4 is 24.4 Å². The van der Waals surface area contributed by atoms with Crippen molar-refractivity contribution in [3.63, 3.8) is 0 Å². The molecule has 0 aromatic heterocycles. The molecule has 7 nitrogen and oxygen atoms in total. The Labute approximate surface area is 202 Å². The van der Waals surface area contributed by atoms with Crippen LogP contribution in [0.4, 0.5) is 5.69 Å². The van der Waals surface area contributed by atoms with Crippen molar-refractivity contribution < 1.29 is 23.8 Å². The molecule has 1 atom stereocenters. The van der Waals surface area contributed by atoms with Crippen molar-refractivity contribution in [3.8, 4) is 17.2 Å². The van der Waals surface area contributed by atoms with Gasteiger partial charge in [0.1, 0.15) is 12.3 Å². The van der Waals surface area contributed by atoms with E-state index >= 15 is 0 Å². The molecule has 3 aromatic rings. The third kappa shape index (κ3) is 4.68. The Morgan fingerprint density at radius 1 is 1.09 bits per heavy atom. The summed E-state index contributed by atoms with van der Waals surface area (Å²) in [5.41, 5.74) is 2.70. The highest BCUT2D eigenvalue weighted by atomic mass is 32.2. The van der Waals surface area contributed by atoms with Crippen LogP contribution in [-0.4, -0.2) is 32.3 Å². The molecule has 2 aliphatic rings. The Kier molecular flexibility index (Phi) is 6.31. The quantitative estimate of drug-likeness (QED) is 0.571. The number of fused-ring (bicyclic) bond motifs is 2. The molecule has 0 radical (unpaired) electrons. The van der Waals surface area contributed by atoms with Crippen LogP contribution >= 0.6 is 11.8 Å². The minimum absolute atomic E-state index is 0.0453. The number of nitrogens with zero attached hydrogens (tertiary/aromatic N) is 1. The van der Waals surface area contributed by atoms with Crippen LogP contribution in [0, 0.1) is 0 Å². The standard InChI is InChI=1S/C26H24N2O5S/c1-31-19-9-7-18(8-10-19)24-13-26(30)28(20-4-2-3-5-23(20)34-24)15-25(29)27-14-17-6-11-21-22(12-17)33-16-32-21/h2-12,24H,13-16H2,1H3,(H,27,29)/t24-/m0/s1. The van der Waals surface area contributed by atoms with Gasteiger partial charge in [-0.2, -0.15) is 0 Å². The Bertz CT molecular complexity index is 1210. The fraction of sp³-hybridized carbons (Fsp3) is 0.231. The van der Waals surface area contributed by atoms with Gasteiger partial charge in [-0.3, -0.25) is 9.59 Å². The van der Waals surface area contributed by atoms with Crippen molar-refractivity contribution in [2.45, 2.75) is 23.1 Å². The molecule has 2 aliphatic heterocycles. The van der Waals surface area contributed by atoms with E-state index in [1.54, 1.807) is 23.8 Å². The molecule has 174 valence electrons. The van der Waals surface area contributed by atoms with Crippen molar-refractivity contribution in [1.82, 2.24) is 5.32 Å². The van der Waals surface area contributed by atoms with Gasteiger partial charge in [-0.15, -0.1) is 11.8 Å². The van der Waals surface area contributed by atoms with E-state index in [2.05, 4.69) is 5.32 Å². The van der Waals surface area contributed by atoms with Gasteiger partial charge in [0.25, 0.3) is 0 Å². The molecule has 0 fully saturated rings. The molecular weight excluding hydrogens is 452 g/mol. The van der Waals surface area contributed by atoms with Crippen molar-refractivity contribution >= 4 is 29.3 Å². The molecule has 2 amide bonds. The highest BCUT2D eigenvalue weighted by Gasteiger charge is 2.30.